The fraction of sp³-hybridized carbons (Fsp3) is 0.429. The lowest BCUT2D eigenvalue weighted by molar-refractivity contribution is -0.0982. The van der Waals surface area contributed by atoms with Gasteiger partial charge in [0.05, 0.1) is 11.2 Å². The molecule has 1 aromatic carbocycles. The maximum atomic E-state index is 10.2. The monoisotopic (exact) mass is 261 g/mol. The van der Waals surface area contributed by atoms with Gasteiger partial charge in [0.15, 0.2) is 0 Å². The summed E-state index contributed by atoms with van der Waals surface area (Å²) in [6, 6.07) is 7.52. The Labute approximate surface area is 113 Å². The number of hydrogen-bond acceptors (Lipinski definition) is 3. The lowest BCUT2D eigenvalue weighted by atomic mass is 9.76. The van der Waals surface area contributed by atoms with E-state index in [1.807, 2.05) is 30.5 Å². The normalized spacial score (nSPS) is 12.9. The Morgan fingerprint density at radius 2 is 1.84 bits per heavy atom. The smallest absolute Gasteiger partial charge is 0.423 e. The molecule has 0 amide bonds. The Kier molecular flexibility index (Phi) is 3.47. The largest absolute Gasteiger partial charge is 0.491 e. The summed E-state index contributed by atoms with van der Waals surface area (Å²) in [6.07, 6.45) is 1.85. The van der Waals surface area contributed by atoms with Crippen molar-refractivity contribution in [1.29, 1.82) is 0 Å². The number of fused-ring (bicyclic) bond motifs is 1. The van der Waals surface area contributed by atoms with Crippen LogP contribution in [-0.2, 0) is 4.65 Å². The van der Waals surface area contributed by atoms with Gasteiger partial charge in [0.2, 0.25) is 0 Å². The van der Waals surface area contributed by atoms with E-state index in [2.05, 4.69) is 4.98 Å². The highest BCUT2D eigenvalue weighted by atomic mass is 16.5. The van der Waals surface area contributed by atoms with Crippen LogP contribution in [0, 0.1) is 0 Å². The van der Waals surface area contributed by atoms with Gasteiger partial charge < -0.3 is 19.8 Å². The van der Waals surface area contributed by atoms with Crippen molar-refractivity contribution in [2.45, 2.75) is 38.9 Å². The second kappa shape index (κ2) is 4.67. The Hall–Kier alpha value is -1.30. The van der Waals surface area contributed by atoms with Gasteiger partial charge >= 0.3 is 7.12 Å². The van der Waals surface area contributed by atoms with Gasteiger partial charge in [0.1, 0.15) is 0 Å². The molecule has 2 aromatic rings. The molecule has 0 saturated heterocycles. The summed E-state index contributed by atoms with van der Waals surface area (Å²) in [6.45, 7) is 6.83. The predicted octanol–water partition coefficient (Wildman–Crippen LogP) is 1.42. The van der Waals surface area contributed by atoms with Crippen molar-refractivity contribution in [1.82, 2.24) is 4.98 Å². The number of aromatic amines is 1. The van der Waals surface area contributed by atoms with Crippen molar-refractivity contribution < 1.29 is 14.8 Å². The first-order valence-electron chi connectivity index (χ1n) is 6.36. The minimum atomic E-state index is -1.07. The first-order chi connectivity index (χ1) is 8.71. The zero-order valence-corrected chi connectivity index (χ0v) is 11.8. The minimum absolute atomic E-state index is 0.671. The Balaban J connectivity index is 2.22. The van der Waals surface area contributed by atoms with Crippen LogP contribution in [0.4, 0.5) is 0 Å². The van der Waals surface area contributed by atoms with Gasteiger partial charge in [-0.05, 0) is 50.7 Å². The second-order valence-corrected chi connectivity index (χ2v) is 5.86. The van der Waals surface area contributed by atoms with Crippen LogP contribution >= 0.6 is 0 Å². The molecule has 0 saturated carbocycles. The molecular weight excluding hydrogens is 241 g/mol. The predicted molar refractivity (Wildman–Crippen MR) is 77.4 cm³/mol. The first-order valence-corrected chi connectivity index (χ1v) is 6.36. The molecule has 0 aliphatic carbocycles. The molecule has 0 fully saturated rings. The van der Waals surface area contributed by atoms with Crippen LogP contribution in [0.2, 0.25) is 0 Å². The van der Waals surface area contributed by atoms with E-state index in [0.29, 0.717) is 5.46 Å². The third-order valence-corrected chi connectivity index (χ3v) is 3.74. The molecule has 3 N–H and O–H groups in total. The third kappa shape index (κ3) is 2.83. The van der Waals surface area contributed by atoms with E-state index >= 15 is 0 Å². The summed E-state index contributed by atoms with van der Waals surface area (Å²) in [5.74, 6) is 0. The van der Waals surface area contributed by atoms with E-state index in [9.17, 15) is 10.1 Å². The van der Waals surface area contributed by atoms with E-state index in [1.54, 1.807) is 27.7 Å². The average Bonchev–Trinajstić information content (AvgIpc) is 2.73. The molecule has 5 heteroatoms. The number of nitrogens with one attached hydrogen (secondary N) is 1. The van der Waals surface area contributed by atoms with Crippen LogP contribution in [-0.4, -0.2) is 33.4 Å². The fourth-order valence-corrected chi connectivity index (χ4v) is 1.72. The van der Waals surface area contributed by atoms with Gasteiger partial charge in [-0.1, -0.05) is 12.1 Å². The van der Waals surface area contributed by atoms with Gasteiger partial charge in [-0.25, -0.2) is 0 Å². The molecule has 0 atom stereocenters. The molecular formula is C14H20BNO3. The number of aromatic nitrogens is 1. The molecule has 1 heterocycles. The van der Waals surface area contributed by atoms with Gasteiger partial charge in [-0.2, -0.15) is 0 Å². The van der Waals surface area contributed by atoms with Gasteiger partial charge in [-0.3, -0.25) is 0 Å². The summed E-state index contributed by atoms with van der Waals surface area (Å²) in [5, 5.41) is 21.2. The quantitative estimate of drug-likeness (QED) is 0.729. The molecule has 0 spiro atoms. The molecule has 0 bridgehead atoms. The molecule has 0 aliphatic heterocycles. The van der Waals surface area contributed by atoms with Crippen LogP contribution in [0.25, 0.3) is 10.9 Å². The first kappa shape index (κ1) is 14.1. The van der Waals surface area contributed by atoms with Crippen molar-refractivity contribution >= 4 is 23.5 Å². The van der Waals surface area contributed by atoms with Crippen molar-refractivity contribution in [3.8, 4) is 0 Å². The Morgan fingerprint density at radius 3 is 2.47 bits per heavy atom. The van der Waals surface area contributed by atoms with Gasteiger partial charge in [0.25, 0.3) is 0 Å². The summed E-state index contributed by atoms with van der Waals surface area (Å²) in [4.78, 5) is 3.10. The number of benzene rings is 1. The highest BCUT2D eigenvalue weighted by Crippen LogP contribution is 2.25. The van der Waals surface area contributed by atoms with Crippen LogP contribution in [0.1, 0.15) is 27.7 Å². The summed E-state index contributed by atoms with van der Waals surface area (Å²) < 4.78 is 5.61. The molecule has 0 radical (unpaired) electrons. The standard InChI is InChI=1S/C14H20BNO3/c1-13(2,17)14(3,4)19-15(18)11-5-6-12-10(9-11)7-8-16-12/h5-9,16-18H,1-4H3. The summed E-state index contributed by atoms with van der Waals surface area (Å²) in [5.41, 5.74) is -0.229. The topological polar surface area (TPSA) is 65.5 Å². The lowest BCUT2D eigenvalue weighted by Crippen LogP contribution is -2.53. The molecule has 0 unspecified atom stereocenters. The number of H-pyrrole nitrogens is 1. The highest BCUT2D eigenvalue weighted by Gasteiger charge is 2.39. The molecule has 19 heavy (non-hydrogen) atoms. The number of rotatable bonds is 4. The lowest BCUT2D eigenvalue weighted by Gasteiger charge is -2.38. The molecule has 102 valence electrons. The Bertz CT molecular complexity index is 571. The zero-order valence-electron chi connectivity index (χ0n) is 11.8. The summed E-state index contributed by atoms with van der Waals surface area (Å²) in [7, 11) is -1.07. The van der Waals surface area contributed by atoms with Crippen LogP contribution < -0.4 is 5.46 Å². The minimum Gasteiger partial charge on any atom is -0.423 e. The second-order valence-electron chi connectivity index (χ2n) is 5.86. The zero-order chi connectivity index (χ0) is 14.3. The van der Waals surface area contributed by atoms with Crippen molar-refractivity contribution in [2.75, 3.05) is 0 Å². The highest BCUT2D eigenvalue weighted by molar-refractivity contribution is 6.60. The van der Waals surface area contributed by atoms with Gasteiger partial charge in [0, 0.05) is 11.7 Å². The molecule has 2 rings (SSSR count). The molecule has 0 aliphatic rings. The number of hydrogen-bond donors (Lipinski definition) is 3. The van der Waals surface area contributed by atoms with E-state index in [-0.39, 0.29) is 0 Å². The SMILES string of the molecule is CC(C)(O)C(C)(C)OB(O)c1ccc2[nH]ccc2c1. The van der Waals surface area contributed by atoms with Crippen molar-refractivity contribution in [3.63, 3.8) is 0 Å². The fourth-order valence-electron chi connectivity index (χ4n) is 1.72. The Morgan fingerprint density at radius 1 is 1.16 bits per heavy atom. The number of aliphatic hydroxyl groups is 1. The molecule has 1 aromatic heterocycles. The van der Waals surface area contributed by atoms with Crippen LogP contribution in [0.3, 0.4) is 0 Å². The van der Waals surface area contributed by atoms with E-state index in [4.69, 9.17) is 4.65 Å². The van der Waals surface area contributed by atoms with E-state index in [1.165, 1.54) is 0 Å². The van der Waals surface area contributed by atoms with Gasteiger partial charge in [-0.15, -0.1) is 0 Å². The molecule has 4 nitrogen and oxygen atoms in total. The van der Waals surface area contributed by atoms with Crippen molar-refractivity contribution in [2.24, 2.45) is 0 Å². The van der Waals surface area contributed by atoms with E-state index in [0.717, 1.165) is 10.9 Å². The van der Waals surface area contributed by atoms with Crippen LogP contribution in [0.15, 0.2) is 30.5 Å². The maximum absolute atomic E-state index is 10.2. The summed E-state index contributed by atoms with van der Waals surface area (Å²) >= 11 is 0. The third-order valence-electron chi connectivity index (χ3n) is 3.74. The van der Waals surface area contributed by atoms with Crippen LogP contribution in [0.5, 0.6) is 0 Å². The maximum Gasteiger partial charge on any atom is 0.491 e. The average molecular weight is 261 g/mol. The van der Waals surface area contributed by atoms with Crippen molar-refractivity contribution in [3.05, 3.63) is 30.5 Å². The van der Waals surface area contributed by atoms with E-state index < -0.39 is 18.3 Å².